The molecule has 0 spiro atoms. The summed E-state index contributed by atoms with van der Waals surface area (Å²) < 4.78 is 5.41. The molecule has 0 heterocycles. The van der Waals surface area contributed by atoms with Crippen LogP contribution < -0.4 is 5.32 Å². The molecular weight excluding hydrogens is 245 g/mol. The third-order valence-corrected chi connectivity index (χ3v) is 3.09. The molecule has 1 rings (SSSR count). The maximum Gasteiger partial charge on any atom is 0.0671 e. The van der Waals surface area contributed by atoms with Crippen molar-refractivity contribution in [3.05, 3.63) is 33.8 Å². The summed E-state index contributed by atoms with van der Waals surface area (Å²) in [5, 5.41) is 4.51. The van der Waals surface area contributed by atoms with Crippen LogP contribution in [0.15, 0.2) is 18.2 Å². The molecule has 0 saturated carbocycles. The number of hydrogen-bond donors (Lipinski definition) is 1. The van der Waals surface area contributed by atoms with Crippen molar-refractivity contribution < 1.29 is 4.74 Å². The molecule has 0 aliphatic heterocycles. The van der Waals surface area contributed by atoms with Crippen molar-refractivity contribution in [3.8, 4) is 0 Å². The predicted molar refractivity (Wildman–Crippen MR) is 69.3 cm³/mol. The van der Waals surface area contributed by atoms with Crippen LogP contribution in [0.1, 0.15) is 19.4 Å². The van der Waals surface area contributed by atoms with Gasteiger partial charge in [-0.3, -0.25) is 0 Å². The summed E-state index contributed by atoms with van der Waals surface area (Å²) in [5.74, 6) is 0. The zero-order valence-corrected chi connectivity index (χ0v) is 11.1. The number of hydrogen-bond acceptors (Lipinski definition) is 2. The zero-order valence-electron chi connectivity index (χ0n) is 9.59. The van der Waals surface area contributed by atoms with Gasteiger partial charge in [0.1, 0.15) is 0 Å². The fraction of sp³-hybridized carbons (Fsp3) is 0.500. The summed E-state index contributed by atoms with van der Waals surface area (Å²) in [5.41, 5.74) is 1.01. The Morgan fingerprint density at radius 2 is 2.12 bits per heavy atom. The van der Waals surface area contributed by atoms with Gasteiger partial charge in [-0.2, -0.15) is 0 Å². The largest absolute Gasteiger partial charge is 0.377 e. The van der Waals surface area contributed by atoms with Crippen LogP contribution in [-0.4, -0.2) is 19.3 Å². The van der Waals surface area contributed by atoms with Crippen molar-refractivity contribution in [2.24, 2.45) is 0 Å². The van der Waals surface area contributed by atoms with E-state index in [4.69, 9.17) is 27.9 Å². The Balaban J connectivity index is 2.40. The third-order valence-electron chi connectivity index (χ3n) is 2.23. The highest BCUT2D eigenvalue weighted by molar-refractivity contribution is 6.42. The zero-order chi connectivity index (χ0) is 12.0. The first-order chi connectivity index (χ1) is 7.65. The van der Waals surface area contributed by atoms with Crippen molar-refractivity contribution in [2.45, 2.75) is 26.5 Å². The molecule has 1 atom stereocenters. The Labute approximate surface area is 107 Å². The van der Waals surface area contributed by atoms with Crippen molar-refractivity contribution in [3.63, 3.8) is 0 Å². The maximum absolute atomic E-state index is 6.07. The molecule has 90 valence electrons. The Kier molecular flexibility index (Phi) is 6.14. The lowest BCUT2D eigenvalue weighted by Crippen LogP contribution is -2.26. The number of ether oxygens (including phenoxy) is 1. The van der Waals surface area contributed by atoms with E-state index < -0.39 is 0 Å². The quantitative estimate of drug-likeness (QED) is 0.847. The summed E-state index contributed by atoms with van der Waals surface area (Å²) in [4.78, 5) is 0. The van der Waals surface area contributed by atoms with E-state index in [1.54, 1.807) is 6.07 Å². The molecule has 16 heavy (non-hydrogen) atoms. The number of nitrogens with one attached hydrogen (secondary N) is 1. The summed E-state index contributed by atoms with van der Waals surface area (Å²) in [6.45, 7) is 6.27. The highest BCUT2D eigenvalue weighted by atomic mass is 35.5. The molecule has 1 N–H and O–H groups in total. The SMILES string of the molecule is CCOC(C)CNCc1cccc(Cl)c1Cl. The van der Waals surface area contributed by atoms with E-state index in [9.17, 15) is 0 Å². The Morgan fingerprint density at radius 1 is 1.38 bits per heavy atom. The maximum atomic E-state index is 6.07. The van der Waals surface area contributed by atoms with Crippen molar-refractivity contribution in [2.75, 3.05) is 13.2 Å². The fourth-order valence-electron chi connectivity index (χ4n) is 1.44. The van der Waals surface area contributed by atoms with E-state index in [0.717, 1.165) is 18.7 Å². The molecular formula is C12H17Cl2NO. The van der Waals surface area contributed by atoms with Gasteiger partial charge in [-0.05, 0) is 25.5 Å². The van der Waals surface area contributed by atoms with Crippen molar-refractivity contribution in [1.82, 2.24) is 5.32 Å². The van der Waals surface area contributed by atoms with Crippen LogP contribution in [-0.2, 0) is 11.3 Å². The monoisotopic (exact) mass is 261 g/mol. The van der Waals surface area contributed by atoms with Gasteiger partial charge in [-0.25, -0.2) is 0 Å². The standard InChI is InChI=1S/C12H17Cl2NO/c1-3-16-9(2)7-15-8-10-5-4-6-11(13)12(10)14/h4-6,9,15H,3,7-8H2,1-2H3. The molecule has 0 radical (unpaired) electrons. The molecule has 0 amide bonds. The number of halogens is 2. The molecule has 0 saturated heterocycles. The van der Waals surface area contributed by atoms with Gasteiger partial charge in [0, 0.05) is 19.7 Å². The van der Waals surface area contributed by atoms with Gasteiger partial charge >= 0.3 is 0 Å². The first-order valence-corrected chi connectivity index (χ1v) is 6.16. The third kappa shape index (κ3) is 4.30. The van der Waals surface area contributed by atoms with Crippen molar-refractivity contribution >= 4 is 23.2 Å². The minimum Gasteiger partial charge on any atom is -0.377 e. The minimum atomic E-state index is 0.211. The first kappa shape index (κ1) is 13.8. The summed E-state index contributed by atoms with van der Waals surface area (Å²) in [6, 6.07) is 5.65. The minimum absolute atomic E-state index is 0.211. The van der Waals surface area contributed by atoms with Crippen LogP contribution in [0.2, 0.25) is 10.0 Å². The van der Waals surface area contributed by atoms with Crippen LogP contribution >= 0.6 is 23.2 Å². The predicted octanol–water partition coefficient (Wildman–Crippen LogP) is 3.51. The topological polar surface area (TPSA) is 21.3 Å². The van der Waals surface area contributed by atoms with Gasteiger partial charge in [0.25, 0.3) is 0 Å². The lowest BCUT2D eigenvalue weighted by atomic mass is 10.2. The highest BCUT2D eigenvalue weighted by Crippen LogP contribution is 2.25. The van der Waals surface area contributed by atoms with E-state index in [0.29, 0.717) is 16.6 Å². The second kappa shape index (κ2) is 7.13. The second-order valence-corrected chi connectivity index (χ2v) is 4.39. The van der Waals surface area contributed by atoms with Gasteiger partial charge in [0.2, 0.25) is 0 Å². The first-order valence-electron chi connectivity index (χ1n) is 5.40. The van der Waals surface area contributed by atoms with Crippen LogP contribution in [0.3, 0.4) is 0 Å². The van der Waals surface area contributed by atoms with Crippen LogP contribution in [0.5, 0.6) is 0 Å². The molecule has 0 aromatic heterocycles. The van der Waals surface area contributed by atoms with E-state index in [1.807, 2.05) is 26.0 Å². The Morgan fingerprint density at radius 3 is 2.81 bits per heavy atom. The normalized spacial score (nSPS) is 12.8. The molecule has 0 bridgehead atoms. The van der Waals surface area contributed by atoms with Crippen LogP contribution in [0, 0.1) is 0 Å². The van der Waals surface area contributed by atoms with Crippen LogP contribution in [0.25, 0.3) is 0 Å². The van der Waals surface area contributed by atoms with Gasteiger partial charge < -0.3 is 10.1 Å². The molecule has 1 aromatic rings. The van der Waals surface area contributed by atoms with Crippen LogP contribution in [0.4, 0.5) is 0 Å². The number of benzene rings is 1. The molecule has 0 aliphatic rings. The molecule has 2 nitrogen and oxygen atoms in total. The molecule has 1 aromatic carbocycles. The van der Waals surface area contributed by atoms with Gasteiger partial charge in [-0.1, -0.05) is 35.3 Å². The summed E-state index contributed by atoms with van der Waals surface area (Å²) in [6.07, 6.45) is 0.211. The fourth-order valence-corrected chi connectivity index (χ4v) is 1.83. The van der Waals surface area contributed by atoms with Gasteiger partial charge in [-0.15, -0.1) is 0 Å². The molecule has 0 fully saturated rings. The van der Waals surface area contributed by atoms with E-state index in [-0.39, 0.29) is 6.10 Å². The summed E-state index contributed by atoms with van der Waals surface area (Å²) in [7, 11) is 0. The molecule has 1 unspecified atom stereocenters. The lowest BCUT2D eigenvalue weighted by Gasteiger charge is -2.13. The lowest BCUT2D eigenvalue weighted by molar-refractivity contribution is 0.0759. The van der Waals surface area contributed by atoms with E-state index in [1.165, 1.54) is 0 Å². The molecule has 4 heteroatoms. The van der Waals surface area contributed by atoms with Crippen molar-refractivity contribution in [1.29, 1.82) is 0 Å². The average Bonchev–Trinajstić information content (AvgIpc) is 2.25. The average molecular weight is 262 g/mol. The van der Waals surface area contributed by atoms with Gasteiger partial charge in [0.05, 0.1) is 16.1 Å². The van der Waals surface area contributed by atoms with Gasteiger partial charge in [0.15, 0.2) is 0 Å². The molecule has 0 aliphatic carbocycles. The van der Waals surface area contributed by atoms with E-state index >= 15 is 0 Å². The summed E-state index contributed by atoms with van der Waals surface area (Å²) >= 11 is 12.0. The second-order valence-electron chi connectivity index (χ2n) is 3.61. The Hall–Kier alpha value is -0.280. The Bertz CT molecular complexity index is 331. The van der Waals surface area contributed by atoms with E-state index in [2.05, 4.69) is 5.32 Å². The number of rotatable bonds is 6. The smallest absolute Gasteiger partial charge is 0.0671 e. The highest BCUT2D eigenvalue weighted by Gasteiger charge is 2.05.